The van der Waals surface area contributed by atoms with Gasteiger partial charge in [0, 0.05) is 37.2 Å². The lowest BCUT2D eigenvalue weighted by Crippen LogP contribution is -2.67. The largest absolute Gasteiger partial charge is 0.504 e. The summed E-state index contributed by atoms with van der Waals surface area (Å²) in [5.74, 6) is -4.81. The molecule has 0 amide bonds. The van der Waals surface area contributed by atoms with Gasteiger partial charge in [0.2, 0.25) is 17.8 Å². The van der Waals surface area contributed by atoms with Gasteiger partial charge in [0.1, 0.15) is 36.1 Å². The van der Waals surface area contributed by atoms with Crippen LogP contribution in [0, 0.1) is 0 Å². The van der Waals surface area contributed by atoms with Gasteiger partial charge in [-0.1, -0.05) is 30.3 Å². The van der Waals surface area contributed by atoms with Crippen molar-refractivity contribution in [2.45, 2.75) is 62.4 Å². The number of cyclic esters (lactones) is 1. The number of aliphatic hydroxyl groups is 4. The highest BCUT2D eigenvalue weighted by atomic mass is 16.7. The van der Waals surface area contributed by atoms with Crippen LogP contribution in [0.2, 0.25) is 0 Å². The summed E-state index contributed by atoms with van der Waals surface area (Å²) in [4.78, 5) is 29.6. The number of ether oxygens (including phenoxy) is 6. The van der Waals surface area contributed by atoms with Gasteiger partial charge in [-0.15, -0.1) is 0 Å². The number of carbonyl (C=O) groups excluding carboxylic acids is 1. The van der Waals surface area contributed by atoms with Crippen LogP contribution in [0.1, 0.15) is 45.2 Å². The maximum Gasteiger partial charge on any atom is 0.342 e. The average molecular weight is 787 g/mol. The van der Waals surface area contributed by atoms with E-state index in [2.05, 4.69) is 15.6 Å². The number of phenols is 2. The number of aromatic carboxylic acids is 1. The third kappa shape index (κ3) is 8.71. The minimum atomic E-state index is -1.97. The van der Waals surface area contributed by atoms with Gasteiger partial charge in [0.05, 0.1) is 31.6 Å². The Hall–Kier alpha value is -5.73. The second kappa shape index (κ2) is 17.8. The lowest BCUT2D eigenvalue weighted by atomic mass is 9.81. The quantitative estimate of drug-likeness (QED) is 0.0459. The number of esters is 1. The molecule has 1 fully saturated rings. The number of carboxylic acids is 1. The fourth-order valence-corrected chi connectivity index (χ4v) is 6.34. The average Bonchev–Trinajstić information content (AvgIpc) is 3.18. The number of aliphatic hydroxyl groups excluding tert-OH is 4. The fraction of sp³-hybridized carbons (Fsp3) is 0.432. The topological polar surface area (TPSA) is 294 Å². The van der Waals surface area contributed by atoms with Gasteiger partial charge in [0.15, 0.2) is 35.7 Å². The first-order chi connectivity index (χ1) is 26.7. The summed E-state index contributed by atoms with van der Waals surface area (Å²) in [5, 5.41) is 81.1. The number of nitrogens with two attached hydrogens (primary N) is 1. The molecular formula is C37H46N4O15. The molecule has 3 aromatic carbocycles. The van der Waals surface area contributed by atoms with Crippen LogP contribution in [-0.2, 0) is 22.3 Å². The normalized spacial score (nSPS) is 22.8. The van der Waals surface area contributed by atoms with E-state index in [4.69, 9.17) is 34.2 Å². The lowest BCUT2D eigenvalue weighted by molar-refractivity contribution is -0.320. The Bertz CT molecular complexity index is 1910. The number of carbonyl (C=O) groups is 2. The predicted molar refractivity (Wildman–Crippen MR) is 197 cm³/mol. The van der Waals surface area contributed by atoms with Crippen molar-refractivity contribution in [2.75, 3.05) is 46.0 Å². The number of rotatable bonds is 14. The lowest BCUT2D eigenvalue weighted by Gasteiger charge is -2.48. The first-order valence-electron chi connectivity index (χ1n) is 17.5. The zero-order valence-corrected chi connectivity index (χ0v) is 30.8. The number of nitrogens with one attached hydrogen (secondary N) is 2. The summed E-state index contributed by atoms with van der Waals surface area (Å²) in [7, 11) is 2.65. The summed E-state index contributed by atoms with van der Waals surface area (Å²) < 4.78 is 34.7. The molecule has 6 atom stereocenters. The Morgan fingerprint density at radius 3 is 2.46 bits per heavy atom. The van der Waals surface area contributed by atoms with E-state index >= 15 is 0 Å². The standard InChI is InChI=1S/C37H46N4O15/c1-18(15-42)41-22-14-24(23(13-21(22)33(48)49)54-17-40-36(38)39-2)55-35-28(45)27(44)32(47)37(56-35)11-9-20-25(34(50)53-16-37)26(43)31(29(46)30(20)51-3)52-12-10-19-7-5-4-6-8-19/h4-8,13-14,18,27-28,32,35,41-47H,9-12,15-17H2,1-3H3,(H,48,49)(H3,38,39,40). The molecule has 3 aromatic rings. The number of nitrogens with zero attached hydrogens (tertiary/aromatic N) is 1. The van der Waals surface area contributed by atoms with Crippen molar-refractivity contribution in [1.29, 1.82) is 0 Å². The predicted octanol–water partition coefficient (Wildman–Crippen LogP) is 0.449. The number of anilines is 1. The molecule has 6 unspecified atom stereocenters. The van der Waals surface area contributed by atoms with Crippen LogP contribution in [-0.4, -0.2) is 131 Å². The van der Waals surface area contributed by atoms with Crippen molar-refractivity contribution in [2.24, 2.45) is 10.7 Å². The van der Waals surface area contributed by atoms with Gasteiger partial charge in [-0.2, -0.15) is 0 Å². The van der Waals surface area contributed by atoms with Crippen LogP contribution in [0.5, 0.6) is 34.5 Å². The molecule has 0 radical (unpaired) electrons. The summed E-state index contributed by atoms with van der Waals surface area (Å²) in [6, 6.07) is 11.0. The third-order valence-corrected chi connectivity index (χ3v) is 9.39. The second-order valence-corrected chi connectivity index (χ2v) is 13.1. The number of hydrogen-bond donors (Lipinski definition) is 10. The highest BCUT2D eigenvalue weighted by molar-refractivity contribution is 5.97. The Labute approximate surface area is 320 Å². The van der Waals surface area contributed by atoms with Crippen molar-refractivity contribution < 1.29 is 73.8 Å². The summed E-state index contributed by atoms with van der Waals surface area (Å²) in [6.45, 7) is 0.202. The van der Waals surface area contributed by atoms with Gasteiger partial charge in [-0.25, -0.2) is 9.59 Å². The number of phenolic OH excluding ortho intramolecular Hbond substituents is 2. The molecule has 19 nitrogen and oxygen atoms in total. The maximum atomic E-state index is 13.6. The van der Waals surface area contributed by atoms with E-state index in [-0.39, 0.29) is 78.4 Å². The molecule has 11 N–H and O–H groups in total. The molecule has 0 bridgehead atoms. The zero-order chi connectivity index (χ0) is 40.7. The van der Waals surface area contributed by atoms with Crippen LogP contribution >= 0.6 is 0 Å². The van der Waals surface area contributed by atoms with Gasteiger partial charge >= 0.3 is 11.9 Å². The van der Waals surface area contributed by atoms with Gasteiger partial charge < -0.3 is 80.5 Å². The van der Waals surface area contributed by atoms with Crippen molar-refractivity contribution >= 4 is 23.6 Å². The van der Waals surface area contributed by atoms with Crippen molar-refractivity contribution in [3.8, 4) is 34.5 Å². The number of methoxy groups -OCH3 is 1. The van der Waals surface area contributed by atoms with Crippen molar-refractivity contribution in [3.63, 3.8) is 0 Å². The van der Waals surface area contributed by atoms with Crippen LogP contribution < -0.4 is 35.3 Å². The van der Waals surface area contributed by atoms with E-state index in [0.29, 0.717) is 6.42 Å². The van der Waals surface area contributed by atoms with Crippen LogP contribution in [0.25, 0.3) is 0 Å². The molecule has 0 saturated carbocycles. The molecule has 19 heteroatoms. The van der Waals surface area contributed by atoms with E-state index in [1.807, 2.05) is 30.3 Å². The number of fused-ring (bicyclic) bond motifs is 1. The minimum Gasteiger partial charge on any atom is -0.504 e. The Balaban J connectivity index is 1.47. The van der Waals surface area contributed by atoms with Gasteiger partial charge in [-0.3, -0.25) is 4.99 Å². The zero-order valence-electron chi connectivity index (χ0n) is 30.8. The second-order valence-electron chi connectivity index (χ2n) is 13.1. The first kappa shape index (κ1) is 41.4. The van der Waals surface area contributed by atoms with E-state index in [1.165, 1.54) is 20.2 Å². The molecular weight excluding hydrogens is 740 g/mol. The Morgan fingerprint density at radius 2 is 1.80 bits per heavy atom. The highest BCUT2D eigenvalue weighted by Crippen LogP contribution is 2.51. The molecule has 0 aliphatic carbocycles. The minimum absolute atomic E-state index is 0.00319. The molecule has 56 heavy (non-hydrogen) atoms. The summed E-state index contributed by atoms with van der Waals surface area (Å²) in [6.07, 6.45) is -7.64. The summed E-state index contributed by atoms with van der Waals surface area (Å²) in [5.41, 5.74) is 3.96. The fourth-order valence-electron chi connectivity index (χ4n) is 6.34. The van der Waals surface area contributed by atoms with E-state index in [9.17, 15) is 45.3 Å². The van der Waals surface area contributed by atoms with Gasteiger partial charge in [0.25, 0.3) is 0 Å². The van der Waals surface area contributed by atoms with Crippen molar-refractivity contribution in [1.82, 2.24) is 5.32 Å². The molecule has 2 heterocycles. The number of aromatic hydroxyl groups is 2. The Morgan fingerprint density at radius 1 is 1.07 bits per heavy atom. The van der Waals surface area contributed by atoms with Crippen LogP contribution in [0.15, 0.2) is 47.5 Å². The van der Waals surface area contributed by atoms with Gasteiger partial charge in [-0.05, 0) is 25.3 Å². The van der Waals surface area contributed by atoms with Crippen LogP contribution in [0.4, 0.5) is 5.69 Å². The maximum absolute atomic E-state index is 13.6. The van der Waals surface area contributed by atoms with Crippen molar-refractivity contribution in [3.05, 3.63) is 64.7 Å². The molecule has 1 saturated heterocycles. The first-order valence-corrected chi connectivity index (χ1v) is 17.5. The molecule has 5 rings (SSSR count). The highest BCUT2D eigenvalue weighted by Gasteiger charge is 2.56. The molecule has 2 aliphatic heterocycles. The molecule has 2 aliphatic rings. The number of guanidine groups is 1. The smallest absolute Gasteiger partial charge is 0.342 e. The SMILES string of the molecule is CN=C(N)NCOc1cc(C(=O)O)c(NC(C)CO)cc1OC1OC2(CCc3c(OC)c(O)c(OCCc4ccccc4)c(O)c3C(=O)OC2)C(O)C(O)C1O. The molecule has 0 aromatic heterocycles. The number of aliphatic imine (C=N–C) groups is 1. The number of carboxylic acid groups (broad SMARTS) is 1. The monoisotopic (exact) mass is 786 g/mol. The van der Waals surface area contributed by atoms with E-state index < -0.39 is 72.0 Å². The summed E-state index contributed by atoms with van der Waals surface area (Å²) >= 11 is 0. The number of benzene rings is 3. The van der Waals surface area contributed by atoms with E-state index in [1.54, 1.807) is 6.92 Å². The van der Waals surface area contributed by atoms with Crippen LogP contribution in [0.3, 0.4) is 0 Å². The Kier molecular flexibility index (Phi) is 13.2. The van der Waals surface area contributed by atoms with E-state index in [0.717, 1.165) is 11.6 Å². The number of hydrogen-bond acceptors (Lipinski definition) is 16. The third-order valence-electron chi connectivity index (χ3n) is 9.39. The molecule has 304 valence electrons. The molecule has 1 spiro atoms.